The number of allylic oxidation sites excluding steroid dienone is 2. The number of nitro benzene ring substituents is 1. The Morgan fingerprint density at radius 1 is 1.22 bits per heavy atom. The van der Waals surface area contributed by atoms with Gasteiger partial charge >= 0.3 is 5.97 Å². The minimum Gasteiger partial charge on any atom is -0.472 e. The number of aromatic nitrogens is 2. The van der Waals surface area contributed by atoms with Gasteiger partial charge in [0.2, 0.25) is 0 Å². The van der Waals surface area contributed by atoms with E-state index in [9.17, 15) is 19.7 Å². The van der Waals surface area contributed by atoms with E-state index in [1.807, 2.05) is 0 Å². The summed E-state index contributed by atoms with van der Waals surface area (Å²) in [6.07, 6.45) is 7.28. The topological polar surface area (TPSA) is 130 Å². The van der Waals surface area contributed by atoms with Crippen LogP contribution in [0.1, 0.15) is 28.8 Å². The summed E-state index contributed by atoms with van der Waals surface area (Å²) in [7, 11) is 1.25. The third kappa shape index (κ3) is 3.58. The van der Waals surface area contributed by atoms with Crippen LogP contribution in [-0.4, -0.2) is 33.5 Å². The molecule has 0 fully saturated rings. The van der Waals surface area contributed by atoms with Crippen LogP contribution in [0.15, 0.2) is 82.8 Å². The predicted molar refractivity (Wildman–Crippen MR) is 112 cm³/mol. The summed E-state index contributed by atoms with van der Waals surface area (Å²) < 4.78 is 11.5. The standard InChI is InChI=1S/C22H18N4O6/c1-13-17(22(28)31-2)18(14-3-5-16(6-4-14)26(29)30)19(21(27)25-9-8-23-12-25)20(24-13)15-7-10-32-11-15/h3-12,18,24H,1-2H3. The number of hydrogen-bond donors (Lipinski definition) is 1. The first kappa shape index (κ1) is 20.8. The van der Waals surface area contributed by atoms with Crippen LogP contribution in [0.5, 0.6) is 0 Å². The fourth-order valence-electron chi connectivity index (χ4n) is 3.71. The molecule has 1 N–H and O–H groups in total. The average Bonchev–Trinajstić information content (AvgIpc) is 3.52. The number of hydrogen-bond acceptors (Lipinski definition) is 8. The zero-order chi connectivity index (χ0) is 22.8. The molecular weight excluding hydrogens is 416 g/mol. The maximum Gasteiger partial charge on any atom is 0.336 e. The fourth-order valence-corrected chi connectivity index (χ4v) is 3.71. The van der Waals surface area contributed by atoms with E-state index in [4.69, 9.17) is 9.15 Å². The molecule has 1 atom stereocenters. The van der Waals surface area contributed by atoms with Crippen molar-refractivity contribution in [2.45, 2.75) is 12.8 Å². The van der Waals surface area contributed by atoms with Gasteiger partial charge in [0.1, 0.15) is 6.33 Å². The highest BCUT2D eigenvalue weighted by Crippen LogP contribution is 2.42. The first-order chi connectivity index (χ1) is 15.4. The lowest BCUT2D eigenvalue weighted by Gasteiger charge is -2.31. The number of nitro groups is 1. The Morgan fingerprint density at radius 2 is 1.97 bits per heavy atom. The number of ether oxygens (including phenoxy) is 1. The minimum atomic E-state index is -0.857. The van der Waals surface area contributed by atoms with Gasteiger partial charge in [-0.25, -0.2) is 9.78 Å². The lowest BCUT2D eigenvalue weighted by Crippen LogP contribution is -2.33. The van der Waals surface area contributed by atoms with E-state index < -0.39 is 22.7 Å². The van der Waals surface area contributed by atoms with Crippen LogP contribution in [-0.2, 0) is 9.53 Å². The van der Waals surface area contributed by atoms with Crippen molar-refractivity contribution in [2.24, 2.45) is 0 Å². The van der Waals surface area contributed by atoms with E-state index in [1.54, 1.807) is 13.0 Å². The smallest absolute Gasteiger partial charge is 0.336 e. The van der Waals surface area contributed by atoms with E-state index in [-0.39, 0.29) is 16.8 Å². The van der Waals surface area contributed by atoms with Gasteiger partial charge in [-0.1, -0.05) is 12.1 Å². The molecule has 0 saturated carbocycles. The Kier molecular flexibility index (Phi) is 5.42. The van der Waals surface area contributed by atoms with Crippen molar-refractivity contribution in [3.05, 3.63) is 99.7 Å². The van der Waals surface area contributed by atoms with Gasteiger partial charge in [0.05, 0.1) is 47.3 Å². The second kappa shape index (κ2) is 8.34. The molecule has 32 heavy (non-hydrogen) atoms. The number of non-ortho nitro benzene ring substituents is 1. The molecule has 0 spiro atoms. The van der Waals surface area contributed by atoms with Gasteiger partial charge < -0.3 is 14.5 Å². The van der Waals surface area contributed by atoms with Crippen LogP contribution in [0.25, 0.3) is 5.70 Å². The van der Waals surface area contributed by atoms with Crippen LogP contribution in [0.4, 0.5) is 5.69 Å². The van der Waals surface area contributed by atoms with Crippen LogP contribution in [0.3, 0.4) is 0 Å². The number of furan rings is 1. The predicted octanol–water partition coefficient (Wildman–Crippen LogP) is 3.27. The van der Waals surface area contributed by atoms with Gasteiger partial charge in [0.15, 0.2) is 0 Å². The molecule has 1 aliphatic heterocycles. The van der Waals surface area contributed by atoms with E-state index in [0.717, 1.165) is 0 Å². The summed E-state index contributed by atoms with van der Waals surface area (Å²) in [6.45, 7) is 1.70. The maximum atomic E-state index is 13.6. The number of methoxy groups -OCH3 is 1. The number of dihydropyridines is 1. The summed E-state index contributed by atoms with van der Waals surface area (Å²) in [5, 5.41) is 14.3. The molecule has 1 aromatic carbocycles. The summed E-state index contributed by atoms with van der Waals surface area (Å²) in [5.74, 6) is -1.91. The summed E-state index contributed by atoms with van der Waals surface area (Å²) in [5.41, 5.74) is 2.40. The number of rotatable bonds is 5. The van der Waals surface area contributed by atoms with Crippen molar-refractivity contribution in [1.29, 1.82) is 0 Å². The molecule has 1 unspecified atom stereocenters. The molecule has 2 aromatic heterocycles. The second-order valence-electron chi connectivity index (χ2n) is 7.01. The van der Waals surface area contributed by atoms with Crippen LogP contribution < -0.4 is 5.32 Å². The monoisotopic (exact) mass is 434 g/mol. The van der Waals surface area contributed by atoms with Crippen molar-refractivity contribution in [3.63, 3.8) is 0 Å². The molecule has 0 radical (unpaired) electrons. The molecule has 1 aliphatic rings. The molecule has 162 valence electrons. The van der Waals surface area contributed by atoms with Gasteiger partial charge in [0.25, 0.3) is 11.6 Å². The van der Waals surface area contributed by atoms with Crippen molar-refractivity contribution >= 4 is 23.3 Å². The molecule has 0 aliphatic carbocycles. The fraction of sp³-hybridized carbons (Fsp3) is 0.136. The van der Waals surface area contributed by atoms with E-state index >= 15 is 0 Å². The maximum absolute atomic E-state index is 13.6. The number of nitrogens with one attached hydrogen (secondary N) is 1. The average molecular weight is 434 g/mol. The van der Waals surface area contributed by atoms with Crippen LogP contribution >= 0.6 is 0 Å². The zero-order valence-corrected chi connectivity index (χ0v) is 17.1. The highest BCUT2D eigenvalue weighted by molar-refractivity contribution is 6.08. The van der Waals surface area contributed by atoms with Crippen molar-refractivity contribution in [1.82, 2.24) is 14.9 Å². The van der Waals surface area contributed by atoms with Gasteiger partial charge in [-0.3, -0.25) is 19.5 Å². The zero-order valence-electron chi connectivity index (χ0n) is 17.1. The molecule has 3 heterocycles. The SMILES string of the molecule is COC(=O)C1=C(C)NC(c2ccoc2)=C(C(=O)n2ccnc2)C1c1ccc([N+](=O)[O-])cc1. The molecule has 0 saturated heterocycles. The molecule has 10 nitrogen and oxygen atoms in total. The molecule has 10 heteroatoms. The Bertz CT molecular complexity index is 1240. The second-order valence-corrected chi connectivity index (χ2v) is 7.01. The lowest BCUT2D eigenvalue weighted by molar-refractivity contribution is -0.384. The number of imidazole rings is 1. The highest BCUT2D eigenvalue weighted by Gasteiger charge is 2.39. The third-order valence-corrected chi connectivity index (χ3v) is 5.18. The number of benzene rings is 1. The van der Waals surface area contributed by atoms with Gasteiger partial charge in [0, 0.05) is 35.8 Å². The van der Waals surface area contributed by atoms with Gasteiger partial charge in [-0.15, -0.1) is 0 Å². The molecule has 0 amide bonds. The molecule has 0 bridgehead atoms. The Hall–Kier alpha value is -4.47. The molecular formula is C22H18N4O6. The summed E-state index contributed by atoms with van der Waals surface area (Å²) in [4.78, 5) is 40.9. The highest BCUT2D eigenvalue weighted by atomic mass is 16.6. The molecule has 4 rings (SSSR count). The number of carbonyl (C=O) groups excluding carboxylic acids is 2. The first-order valence-corrected chi connectivity index (χ1v) is 9.52. The van der Waals surface area contributed by atoms with Crippen molar-refractivity contribution in [2.75, 3.05) is 7.11 Å². The Balaban J connectivity index is 1.98. The normalized spacial score (nSPS) is 16.0. The largest absolute Gasteiger partial charge is 0.472 e. The summed E-state index contributed by atoms with van der Waals surface area (Å²) >= 11 is 0. The number of esters is 1. The van der Waals surface area contributed by atoms with Crippen molar-refractivity contribution < 1.29 is 23.7 Å². The quantitative estimate of drug-likeness (QED) is 0.368. The van der Waals surface area contributed by atoms with Gasteiger partial charge in [-0.2, -0.15) is 0 Å². The number of carbonyl (C=O) groups is 2. The Labute approximate surface area is 182 Å². The van der Waals surface area contributed by atoms with Gasteiger partial charge in [-0.05, 0) is 18.6 Å². The van der Waals surface area contributed by atoms with E-state index in [1.165, 1.54) is 67.2 Å². The van der Waals surface area contributed by atoms with Crippen LogP contribution in [0, 0.1) is 10.1 Å². The summed E-state index contributed by atoms with van der Waals surface area (Å²) in [6, 6.07) is 7.40. The number of nitrogens with zero attached hydrogens (tertiary/aromatic N) is 3. The first-order valence-electron chi connectivity index (χ1n) is 9.52. The molecule has 3 aromatic rings. The van der Waals surface area contributed by atoms with Crippen molar-refractivity contribution in [3.8, 4) is 0 Å². The van der Waals surface area contributed by atoms with E-state index in [0.29, 0.717) is 22.5 Å². The Morgan fingerprint density at radius 3 is 2.53 bits per heavy atom. The minimum absolute atomic E-state index is 0.107. The van der Waals surface area contributed by atoms with Crippen LogP contribution in [0.2, 0.25) is 0 Å². The lowest BCUT2D eigenvalue weighted by atomic mass is 9.79. The van der Waals surface area contributed by atoms with E-state index in [2.05, 4.69) is 10.3 Å². The third-order valence-electron chi connectivity index (χ3n) is 5.18.